The normalized spacial score (nSPS) is 22.0. The molecular formula is C22H26N4O3S. The number of aliphatic imine (C=N–C) groups is 1. The Bertz CT molecular complexity index is 1050. The molecule has 1 aliphatic carbocycles. The average molecular weight is 427 g/mol. The number of ether oxygens (including phenoxy) is 2. The minimum Gasteiger partial charge on any atom is -0.493 e. The van der Waals surface area contributed by atoms with Crippen molar-refractivity contribution >= 4 is 34.9 Å². The van der Waals surface area contributed by atoms with Crippen LogP contribution in [0.3, 0.4) is 0 Å². The van der Waals surface area contributed by atoms with Gasteiger partial charge in [-0.25, -0.2) is 15.0 Å². The number of fused-ring (bicyclic) bond motifs is 2. The number of rotatable bonds is 4. The molecule has 2 aliphatic rings. The van der Waals surface area contributed by atoms with Crippen LogP contribution in [0.15, 0.2) is 28.3 Å². The predicted octanol–water partition coefficient (Wildman–Crippen LogP) is 4.02. The van der Waals surface area contributed by atoms with Crippen molar-refractivity contribution in [3.05, 3.63) is 29.3 Å². The summed E-state index contributed by atoms with van der Waals surface area (Å²) in [6.45, 7) is 4.21. The molecule has 1 aromatic carbocycles. The fourth-order valence-corrected chi connectivity index (χ4v) is 4.92. The maximum absolute atomic E-state index is 13.3. The van der Waals surface area contributed by atoms with Gasteiger partial charge in [-0.05, 0) is 35.8 Å². The second-order valence-corrected chi connectivity index (χ2v) is 9.26. The van der Waals surface area contributed by atoms with Crippen molar-refractivity contribution in [2.24, 2.45) is 16.3 Å². The van der Waals surface area contributed by atoms with Gasteiger partial charge in [-0.3, -0.25) is 4.79 Å². The molecule has 2 unspecified atom stereocenters. The lowest BCUT2D eigenvalue weighted by Gasteiger charge is -2.40. The van der Waals surface area contributed by atoms with E-state index in [-0.39, 0.29) is 23.0 Å². The van der Waals surface area contributed by atoms with Crippen LogP contribution in [0, 0.1) is 11.3 Å². The van der Waals surface area contributed by atoms with Crippen molar-refractivity contribution in [1.82, 2.24) is 9.97 Å². The van der Waals surface area contributed by atoms with E-state index in [9.17, 15) is 4.79 Å². The van der Waals surface area contributed by atoms with E-state index in [1.165, 1.54) is 11.8 Å². The van der Waals surface area contributed by atoms with Crippen molar-refractivity contribution in [3.8, 4) is 11.5 Å². The highest BCUT2D eigenvalue weighted by atomic mass is 32.2. The molecule has 158 valence electrons. The molecule has 0 radical (unpaired) electrons. The van der Waals surface area contributed by atoms with Crippen LogP contribution in [-0.4, -0.2) is 41.9 Å². The Morgan fingerprint density at radius 1 is 1.10 bits per heavy atom. The fraction of sp³-hybridized carbons (Fsp3) is 0.455. The second kappa shape index (κ2) is 7.58. The fourth-order valence-electron chi connectivity index (χ4n) is 4.55. The first-order chi connectivity index (χ1) is 14.3. The minimum atomic E-state index is -0.380. The number of methoxy groups -OCH3 is 2. The van der Waals surface area contributed by atoms with Crippen molar-refractivity contribution < 1.29 is 14.3 Å². The van der Waals surface area contributed by atoms with E-state index in [2.05, 4.69) is 23.8 Å². The van der Waals surface area contributed by atoms with E-state index in [0.717, 1.165) is 17.7 Å². The largest absolute Gasteiger partial charge is 0.493 e. The monoisotopic (exact) mass is 426 g/mol. The lowest BCUT2D eigenvalue weighted by atomic mass is 9.64. The van der Waals surface area contributed by atoms with Gasteiger partial charge in [-0.2, -0.15) is 0 Å². The van der Waals surface area contributed by atoms with Crippen molar-refractivity contribution in [2.75, 3.05) is 26.2 Å². The summed E-state index contributed by atoms with van der Waals surface area (Å²) in [5.41, 5.74) is 8.75. The van der Waals surface area contributed by atoms with Gasteiger partial charge in [-0.1, -0.05) is 31.7 Å². The zero-order chi connectivity index (χ0) is 21.6. The van der Waals surface area contributed by atoms with Crippen LogP contribution < -0.4 is 15.2 Å². The first-order valence-electron chi connectivity index (χ1n) is 9.81. The molecule has 0 bridgehead atoms. The number of nitrogens with zero attached hydrogens (tertiary/aromatic N) is 3. The molecule has 7 nitrogen and oxygen atoms in total. The molecule has 1 aliphatic heterocycles. The van der Waals surface area contributed by atoms with Crippen LogP contribution in [0.1, 0.15) is 43.7 Å². The molecule has 1 saturated carbocycles. The van der Waals surface area contributed by atoms with Crippen LogP contribution >= 0.6 is 11.8 Å². The molecule has 2 aromatic rings. The average Bonchev–Trinajstić information content (AvgIpc) is 2.70. The molecule has 2 heterocycles. The van der Waals surface area contributed by atoms with E-state index in [0.29, 0.717) is 40.3 Å². The summed E-state index contributed by atoms with van der Waals surface area (Å²) in [5.74, 6) is 1.63. The minimum absolute atomic E-state index is 0.132. The van der Waals surface area contributed by atoms with E-state index in [1.807, 2.05) is 24.5 Å². The Morgan fingerprint density at radius 2 is 1.83 bits per heavy atom. The van der Waals surface area contributed by atoms with Crippen LogP contribution in [0.2, 0.25) is 0 Å². The Balaban J connectivity index is 1.95. The van der Waals surface area contributed by atoms with E-state index >= 15 is 0 Å². The number of aromatic nitrogens is 2. The molecule has 30 heavy (non-hydrogen) atoms. The molecule has 2 atom stereocenters. The second-order valence-electron chi connectivity index (χ2n) is 8.49. The van der Waals surface area contributed by atoms with Gasteiger partial charge >= 0.3 is 0 Å². The number of thioether (sulfide) groups is 1. The number of nitrogen functional groups attached to an aromatic ring is 1. The number of nitrogens with two attached hydrogens (primary N) is 1. The summed E-state index contributed by atoms with van der Waals surface area (Å²) in [4.78, 5) is 27.2. The smallest absolute Gasteiger partial charge is 0.191 e. The highest BCUT2D eigenvalue weighted by Gasteiger charge is 2.47. The number of benzene rings is 1. The van der Waals surface area contributed by atoms with Gasteiger partial charge in [0.2, 0.25) is 0 Å². The SMILES string of the molecule is COc1ccc(C2c3c(N)nc(SC)nc3N=C3CC(C)(C)CC(=O)C32)cc1OC. The summed E-state index contributed by atoms with van der Waals surface area (Å²) in [6, 6.07) is 5.71. The van der Waals surface area contributed by atoms with Crippen LogP contribution in [0.5, 0.6) is 11.5 Å². The third-order valence-electron chi connectivity index (χ3n) is 5.80. The Hall–Kier alpha value is -2.61. The van der Waals surface area contributed by atoms with Gasteiger partial charge in [0.15, 0.2) is 22.5 Å². The number of hydrogen-bond acceptors (Lipinski definition) is 8. The van der Waals surface area contributed by atoms with E-state index < -0.39 is 0 Å². The van der Waals surface area contributed by atoms with Gasteiger partial charge in [0, 0.05) is 23.6 Å². The molecule has 0 saturated heterocycles. The summed E-state index contributed by atoms with van der Waals surface area (Å²) >= 11 is 1.42. The van der Waals surface area contributed by atoms with Crippen molar-refractivity contribution in [3.63, 3.8) is 0 Å². The Morgan fingerprint density at radius 3 is 2.50 bits per heavy atom. The first-order valence-corrected chi connectivity index (χ1v) is 11.0. The van der Waals surface area contributed by atoms with Crippen molar-refractivity contribution in [1.29, 1.82) is 0 Å². The third-order valence-corrected chi connectivity index (χ3v) is 6.34. The molecule has 0 spiro atoms. The standard InChI is InChI=1S/C22H26N4O3S/c1-22(2)9-12-17(13(27)10-22)16(11-6-7-14(28-3)15(8-11)29-4)18-19(23)25-21(30-5)26-20(18)24-12/h6-8,16-17H,9-10H2,1-5H3,(H2,23,25,26). The van der Waals surface area contributed by atoms with Crippen LogP contribution in [0.25, 0.3) is 0 Å². The summed E-state index contributed by atoms with van der Waals surface area (Å²) < 4.78 is 10.9. The maximum atomic E-state index is 13.3. The predicted molar refractivity (Wildman–Crippen MR) is 118 cm³/mol. The zero-order valence-corrected chi connectivity index (χ0v) is 18.7. The summed E-state index contributed by atoms with van der Waals surface area (Å²) in [7, 11) is 3.19. The quantitative estimate of drug-likeness (QED) is 0.582. The lowest BCUT2D eigenvalue weighted by Crippen LogP contribution is -2.42. The maximum Gasteiger partial charge on any atom is 0.191 e. The highest BCUT2D eigenvalue weighted by molar-refractivity contribution is 7.98. The van der Waals surface area contributed by atoms with Gasteiger partial charge in [0.25, 0.3) is 0 Å². The zero-order valence-electron chi connectivity index (χ0n) is 17.9. The molecular weight excluding hydrogens is 400 g/mol. The van der Waals surface area contributed by atoms with E-state index in [1.54, 1.807) is 14.2 Å². The topological polar surface area (TPSA) is 99.7 Å². The molecule has 1 aromatic heterocycles. The molecule has 2 N–H and O–H groups in total. The highest BCUT2D eigenvalue weighted by Crippen LogP contribution is 2.50. The number of Topliss-reactive ketones (excluding diaryl/α,β-unsaturated/α-hetero) is 1. The Kier molecular flexibility index (Phi) is 5.22. The summed E-state index contributed by atoms with van der Waals surface area (Å²) in [5, 5.41) is 0.571. The molecule has 0 amide bonds. The lowest BCUT2D eigenvalue weighted by molar-refractivity contribution is -0.124. The van der Waals surface area contributed by atoms with Crippen molar-refractivity contribution in [2.45, 2.75) is 37.8 Å². The summed E-state index contributed by atoms with van der Waals surface area (Å²) in [6.07, 6.45) is 3.14. The van der Waals surface area contributed by atoms with Crippen LogP contribution in [0.4, 0.5) is 11.6 Å². The molecule has 8 heteroatoms. The van der Waals surface area contributed by atoms with Gasteiger partial charge in [0.1, 0.15) is 11.6 Å². The molecule has 1 fully saturated rings. The van der Waals surface area contributed by atoms with Crippen LogP contribution in [-0.2, 0) is 4.79 Å². The number of carbonyl (C=O) groups is 1. The molecule has 4 rings (SSSR count). The van der Waals surface area contributed by atoms with Gasteiger partial charge in [0.05, 0.1) is 20.1 Å². The first kappa shape index (κ1) is 20.7. The number of ketones is 1. The Labute approximate surface area is 180 Å². The van der Waals surface area contributed by atoms with Gasteiger partial charge in [-0.15, -0.1) is 0 Å². The number of hydrogen-bond donors (Lipinski definition) is 1. The van der Waals surface area contributed by atoms with Gasteiger partial charge < -0.3 is 15.2 Å². The third kappa shape index (κ3) is 3.43. The number of anilines is 1. The number of carbonyl (C=O) groups excluding carboxylic acids is 1. The van der Waals surface area contributed by atoms with E-state index in [4.69, 9.17) is 20.2 Å².